The first kappa shape index (κ1) is 14.4. The molecule has 1 aromatic carbocycles. The van der Waals surface area contributed by atoms with Gasteiger partial charge in [-0.3, -0.25) is 4.79 Å². The molecule has 0 atom stereocenters. The highest BCUT2D eigenvalue weighted by molar-refractivity contribution is 5.77. The Labute approximate surface area is 108 Å². The Morgan fingerprint density at radius 1 is 1.33 bits per heavy atom. The summed E-state index contributed by atoms with van der Waals surface area (Å²) in [5.41, 5.74) is 3.10. The fourth-order valence-corrected chi connectivity index (χ4v) is 1.97. The normalized spacial score (nSPS) is 10.1. The van der Waals surface area contributed by atoms with Crippen LogP contribution in [0.15, 0.2) is 12.1 Å². The number of hydrogen-bond donors (Lipinski definition) is 0. The van der Waals surface area contributed by atoms with Crippen LogP contribution >= 0.6 is 0 Å². The van der Waals surface area contributed by atoms with E-state index in [1.54, 1.807) is 14.0 Å². The van der Waals surface area contributed by atoms with Crippen molar-refractivity contribution in [3.05, 3.63) is 23.3 Å². The molecule has 0 aliphatic carbocycles. The van der Waals surface area contributed by atoms with E-state index in [0.717, 1.165) is 22.6 Å². The van der Waals surface area contributed by atoms with E-state index in [1.807, 2.05) is 31.9 Å². The second-order valence-corrected chi connectivity index (χ2v) is 4.30. The number of carbonyl (C=O) groups excluding carboxylic acids is 1. The summed E-state index contributed by atoms with van der Waals surface area (Å²) in [5, 5.41) is 0. The molecule has 0 aromatic heterocycles. The van der Waals surface area contributed by atoms with Crippen LogP contribution in [0.1, 0.15) is 18.1 Å². The van der Waals surface area contributed by atoms with E-state index in [0.29, 0.717) is 6.61 Å². The molecule has 0 fully saturated rings. The SMILES string of the molecule is CCOC(=O)CN(C)c1cc(C)cc(C)c1OC. The average molecular weight is 251 g/mol. The second-order valence-electron chi connectivity index (χ2n) is 4.30. The number of aryl methyl sites for hydroxylation is 2. The van der Waals surface area contributed by atoms with Crippen LogP contribution in [-0.2, 0) is 9.53 Å². The smallest absolute Gasteiger partial charge is 0.325 e. The zero-order valence-electron chi connectivity index (χ0n) is 11.7. The maximum absolute atomic E-state index is 11.5. The highest BCUT2D eigenvalue weighted by Gasteiger charge is 2.14. The molecule has 4 heteroatoms. The number of rotatable bonds is 5. The minimum absolute atomic E-state index is 0.215. The molecular weight excluding hydrogens is 230 g/mol. The molecule has 18 heavy (non-hydrogen) atoms. The maximum atomic E-state index is 11.5. The zero-order valence-corrected chi connectivity index (χ0v) is 11.7. The van der Waals surface area contributed by atoms with Gasteiger partial charge in [-0.15, -0.1) is 0 Å². The van der Waals surface area contributed by atoms with E-state index >= 15 is 0 Å². The number of hydrogen-bond acceptors (Lipinski definition) is 4. The van der Waals surface area contributed by atoms with Crippen molar-refractivity contribution in [2.24, 2.45) is 0 Å². The van der Waals surface area contributed by atoms with Crippen LogP contribution in [-0.4, -0.2) is 33.3 Å². The van der Waals surface area contributed by atoms with Gasteiger partial charge in [-0.1, -0.05) is 6.07 Å². The minimum atomic E-state index is -0.235. The highest BCUT2D eigenvalue weighted by atomic mass is 16.5. The van der Waals surface area contributed by atoms with Gasteiger partial charge < -0.3 is 14.4 Å². The Morgan fingerprint density at radius 3 is 2.56 bits per heavy atom. The van der Waals surface area contributed by atoms with Gasteiger partial charge in [0.15, 0.2) is 0 Å². The molecule has 100 valence electrons. The first-order chi connectivity index (χ1) is 8.49. The van der Waals surface area contributed by atoms with Gasteiger partial charge in [0, 0.05) is 7.05 Å². The zero-order chi connectivity index (χ0) is 13.7. The summed E-state index contributed by atoms with van der Waals surface area (Å²) in [6.45, 7) is 6.43. The summed E-state index contributed by atoms with van der Waals surface area (Å²) in [4.78, 5) is 13.3. The molecule has 1 rings (SSSR count). The van der Waals surface area contributed by atoms with E-state index < -0.39 is 0 Å². The van der Waals surface area contributed by atoms with Crippen molar-refractivity contribution in [1.29, 1.82) is 0 Å². The Bertz CT molecular complexity index is 429. The average Bonchev–Trinajstić information content (AvgIpc) is 2.28. The van der Waals surface area contributed by atoms with Crippen LogP contribution in [0.25, 0.3) is 0 Å². The van der Waals surface area contributed by atoms with Crippen LogP contribution in [0.5, 0.6) is 5.75 Å². The third-order valence-corrected chi connectivity index (χ3v) is 2.69. The number of carbonyl (C=O) groups is 1. The monoisotopic (exact) mass is 251 g/mol. The molecule has 4 nitrogen and oxygen atoms in total. The fraction of sp³-hybridized carbons (Fsp3) is 0.500. The lowest BCUT2D eigenvalue weighted by Crippen LogP contribution is -2.27. The largest absolute Gasteiger partial charge is 0.494 e. The molecule has 0 bridgehead atoms. The summed E-state index contributed by atoms with van der Waals surface area (Å²) in [6.07, 6.45) is 0. The molecule has 0 unspecified atom stereocenters. The summed E-state index contributed by atoms with van der Waals surface area (Å²) in [5.74, 6) is 0.564. The highest BCUT2D eigenvalue weighted by Crippen LogP contribution is 2.32. The molecule has 0 radical (unpaired) electrons. The molecule has 0 spiro atoms. The predicted molar refractivity (Wildman–Crippen MR) is 72.4 cm³/mol. The van der Waals surface area contributed by atoms with E-state index in [4.69, 9.17) is 9.47 Å². The molecule has 1 aromatic rings. The van der Waals surface area contributed by atoms with E-state index in [2.05, 4.69) is 6.07 Å². The van der Waals surface area contributed by atoms with Gasteiger partial charge in [-0.2, -0.15) is 0 Å². The molecule has 0 amide bonds. The third-order valence-electron chi connectivity index (χ3n) is 2.69. The molecule has 0 aliphatic rings. The number of benzene rings is 1. The Hall–Kier alpha value is -1.71. The topological polar surface area (TPSA) is 38.8 Å². The van der Waals surface area contributed by atoms with Gasteiger partial charge in [-0.25, -0.2) is 0 Å². The van der Waals surface area contributed by atoms with Crippen LogP contribution in [0, 0.1) is 13.8 Å². The maximum Gasteiger partial charge on any atom is 0.325 e. The van der Waals surface area contributed by atoms with Gasteiger partial charge in [0.25, 0.3) is 0 Å². The number of esters is 1. The lowest BCUT2D eigenvalue weighted by Gasteiger charge is -2.22. The van der Waals surface area contributed by atoms with Crippen molar-refractivity contribution >= 4 is 11.7 Å². The summed E-state index contributed by atoms with van der Waals surface area (Å²) in [7, 11) is 3.49. The van der Waals surface area contributed by atoms with E-state index in [-0.39, 0.29) is 12.5 Å². The number of methoxy groups -OCH3 is 1. The number of nitrogens with zero attached hydrogens (tertiary/aromatic N) is 1. The van der Waals surface area contributed by atoms with Crippen LogP contribution in [0.3, 0.4) is 0 Å². The first-order valence-electron chi connectivity index (χ1n) is 6.01. The molecule has 0 saturated heterocycles. The third kappa shape index (κ3) is 3.39. The summed E-state index contributed by atoms with van der Waals surface area (Å²) >= 11 is 0. The van der Waals surface area contributed by atoms with Crippen LogP contribution < -0.4 is 9.64 Å². The minimum Gasteiger partial charge on any atom is -0.494 e. The lowest BCUT2D eigenvalue weighted by molar-refractivity contribution is -0.141. The van der Waals surface area contributed by atoms with Crippen LogP contribution in [0.2, 0.25) is 0 Å². The number of likely N-dealkylation sites (N-methyl/N-ethyl adjacent to an activating group) is 1. The summed E-state index contributed by atoms with van der Waals surface area (Å²) in [6, 6.07) is 4.06. The van der Waals surface area contributed by atoms with Gasteiger partial charge in [-0.05, 0) is 38.0 Å². The lowest BCUT2D eigenvalue weighted by atomic mass is 10.1. The van der Waals surface area contributed by atoms with Crippen molar-refractivity contribution in [1.82, 2.24) is 0 Å². The van der Waals surface area contributed by atoms with Crippen molar-refractivity contribution < 1.29 is 14.3 Å². The Morgan fingerprint density at radius 2 is 2.00 bits per heavy atom. The molecule has 0 heterocycles. The van der Waals surface area contributed by atoms with Gasteiger partial charge in [0.1, 0.15) is 12.3 Å². The standard InChI is InChI=1S/C14H21NO3/c1-6-18-13(16)9-15(4)12-8-10(2)7-11(3)14(12)17-5/h7-8H,6,9H2,1-5H3. The Kier molecular flexibility index (Phi) is 5.01. The quantitative estimate of drug-likeness (QED) is 0.753. The van der Waals surface area contributed by atoms with Crippen LogP contribution in [0.4, 0.5) is 5.69 Å². The second kappa shape index (κ2) is 6.28. The van der Waals surface area contributed by atoms with Crippen molar-refractivity contribution in [2.45, 2.75) is 20.8 Å². The molecular formula is C14H21NO3. The molecule has 0 N–H and O–H groups in total. The van der Waals surface area contributed by atoms with Crippen molar-refractivity contribution in [3.63, 3.8) is 0 Å². The van der Waals surface area contributed by atoms with Crippen molar-refractivity contribution in [2.75, 3.05) is 32.2 Å². The van der Waals surface area contributed by atoms with Gasteiger partial charge >= 0.3 is 5.97 Å². The first-order valence-corrected chi connectivity index (χ1v) is 6.01. The molecule has 0 aliphatic heterocycles. The van der Waals surface area contributed by atoms with E-state index in [1.165, 1.54) is 0 Å². The van der Waals surface area contributed by atoms with E-state index in [9.17, 15) is 4.79 Å². The predicted octanol–water partition coefficient (Wildman–Crippen LogP) is 2.31. The van der Waals surface area contributed by atoms with Gasteiger partial charge in [0.05, 0.1) is 19.4 Å². The summed E-state index contributed by atoms with van der Waals surface area (Å²) < 4.78 is 10.3. The number of ether oxygens (including phenoxy) is 2. The fourth-order valence-electron chi connectivity index (χ4n) is 1.97. The Balaban J connectivity index is 2.97. The number of anilines is 1. The van der Waals surface area contributed by atoms with Gasteiger partial charge in [0.2, 0.25) is 0 Å². The van der Waals surface area contributed by atoms with Crippen molar-refractivity contribution in [3.8, 4) is 5.75 Å². The molecule has 0 saturated carbocycles.